The molecule has 2 aliphatic rings. The molecule has 0 radical (unpaired) electrons. The molecule has 1 fully saturated rings. The number of likely N-dealkylation sites (tertiary alicyclic amines) is 1. The molecule has 14 nitrogen and oxygen atoms in total. The number of aromatic nitrogens is 6. The van der Waals surface area contributed by atoms with Crippen molar-refractivity contribution in [3.05, 3.63) is 128 Å². The van der Waals surface area contributed by atoms with Crippen LogP contribution in [0.2, 0.25) is 5.02 Å². The molecular weight excluding hydrogens is 837 g/mol. The van der Waals surface area contributed by atoms with Gasteiger partial charge >= 0.3 is 6.18 Å². The van der Waals surface area contributed by atoms with Crippen LogP contribution in [0, 0.1) is 6.92 Å². The minimum Gasteiger partial charge on any atom is -0.485 e. The van der Waals surface area contributed by atoms with Crippen molar-refractivity contribution in [2.24, 2.45) is 0 Å². The summed E-state index contributed by atoms with van der Waals surface area (Å²) in [5.41, 5.74) is 0.704. The van der Waals surface area contributed by atoms with E-state index in [1.165, 1.54) is 30.6 Å². The van der Waals surface area contributed by atoms with Gasteiger partial charge in [-0.25, -0.2) is 18.4 Å². The van der Waals surface area contributed by atoms with E-state index in [2.05, 4.69) is 25.4 Å². The molecule has 3 aromatic carbocycles. The van der Waals surface area contributed by atoms with Crippen LogP contribution in [0.3, 0.4) is 0 Å². The Morgan fingerprint density at radius 1 is 1.02 bits per heavy atom. The zero-order valence-electron chi connectivity index (χ0n) is 33.0. The third kappa shape index (κ3) is 7.96. The van der Waals surface area contributed by atoms with Gasteiger partial charge in [-0.3, -0.25) is 14.4 Å². The van der Waals surface area contributed by atoms with Crippen LogP contribution >= 0.6 is 11.6 Å². The molecular formula is C42H38ClF3N8O6S. The van der Waals surface area contributed by atoms with E-state index in [1.807, 2.05) is 37.3 Å². The van der Waals surface area contributed by atoms with Gasteiger partial charge in [0.2, 0.25) is 11.7 Å². The third-order valence-corrected chi connectivity index (χ3v) is 12.8. The number of aryl methyl sites for hydroxylation is 1. The summed E-state index contributed by atoms with van der Waals surface area (Å²) in [6.07, 6.45) is -0.951. The molecule has 0 unspecified atom stereocenters. The highest BCUT2D eigenvalue weighted by Gasteiger charge is 2.49. The molecule has 1 aliphatic heterocycles. The van der Waals surface area contributed by atoms with Crippen molar-refractivity contribution >= 4 is 44.7 Å². The van der Waals surface area contributed by atoms with E-state index in [0.717, 1.165) is 34.5 Å². The van der Waals surface area contributed by atoms with E-state index in [0.29, 0.717) is 41.8 Å². The van der Waals surface area contributed by atoms with Crippen molar-refractivity contribution < 1.29 is 35.9 Å². The number of hydrogen-bond donors (Lipinski definition) is 1. The van der Waals surface area contributed by atoms with Gasteiger partial charge in [-0.1, -0.05) is 48.9 Å². The summed E-state index contributed by atoms with van der Waals surface area (Å²) in [6.45, 7) is 4.00. The number of sulfone groups is 1. The van der Waals surface area contributed by atoms with Crippen LogP contribution in [0.5, 0.6) is 5.75 Å². The SMILES string of the molecule is Cc1ncnc(C(=O)N2CCC3(CC2)C[C@@H](C)c2c3c(=O)n3nc(-c4ccc(S(C)(=O)=O)cc4)nc3n2CC(=O)Nc2ccc(C(F)(F)F)cc2Cl)c1OCc1ccccc1. The van der Waals surface area contributed by atoms with E-state index < -0.39 is 45.0 Å². The summed E-state index contributed by atoms with van der Waals surface area (Å²) in [4.78, 5) is 57.6. The predicted octanol–water partition coefficient (Wildman–Crippen LogP) is 6.63. The summed E-state index contributed by atoms with van der Waals surface area (Å²) in [5, 5.41) is 6.84. The van der Waals surface area contributed by atoms with Crippen molar-refractivity contribution in [1.82, 2.24) is 34.0 Å². The number of nitrogens with one attached hydrogen (secondary N) is 1. The van der Waals surface area contributed by atoms with Crippen LogP contribution in [-0.4, -0.2) is 73.6 Å². The van der Waals surface area contributed by atoms with E-state index in [4.69, 9.17) is 16.3 Å². The van der Waals surface area contributed by atoms with Crippen LogP contribution in [0.25, 0.3) is 17.2 Å². The molecule has 3 aromatic heterocycles. The van der Waals surface area contributed by atoms with Crippen LogP contribution in [0.4, 0.5) is 18.9 Å². The first-order chi connectivity index (χ1) is 28.9. The molecule has 61 heavy (non-hydrogen) atoms. The van der Waals surface area contributed by atoms with Crippen LogP contribution in [-0.2, 0) is 39.4 Å². The molecule has 19 heteroatoms. The third-order valence-electron chi connectivity index (χ3n) is 11.3. The fourth-order valence-corrected chi connectivity index (χ4v) is 9.24. The highest BCUT2D eigenvalue weighted by atomic mass is 35.5. The minimum atomic E-state index is -4.64. The molecule has 0 saturated carbocycles. The highest BCUT2D eigenvalue weighted by Crippen LogP contribution is 2.50. The van der Waals surface area contributed by atoms with Gasteiger partial charge in [0.15, 0.2) is 27.1 Å². The number of alkyl halides is 3. The van der Waals surface area contributed by atoms with E-state index in [9.17, 15) is 36.0 Å². The summed E-state index contributed by atoms with van der Waals surface area (Å²) in [5.74, 6) is -0.884. The van der Waals surface area contributed by atoms with Crippen molar-refractivity contribution in [2.75, 3.05) is 24.7 Å². The predicted molar refractivity (Wildman–Crippen MR) is 218 cm³/mol. The number of carbonyl (C=O) groups excluding carboxylic acids is 2. The van der Waals surface area contributed by atoms with Crippen LogP contribution < -0.4 is 15.6 Å². The largest absolute Gasteiger partial charge is 0.485 e. The Kier molecular flexibility index (Phi) is 10.7. The molecule has 8 rings (SSSR count). The van der Waals surface area contributed by atoms with Gasteiger partial charge in [0.05, 0.1) is 26.9 Å². The lowest BCUT2D eigenvalue weighted by Crippen LogP contribution is -2.47. The monoisotopic (exact) mass is 874 g/mol. The second kappa shape index (κ2) is 15.7. The summed E-state index contributed by atoms with van der Waals surface area (Å²) < 4.78 is 73.1. The second-order valence-electron chi connectivity index (χ2n) is 15.4. The summed E-state index contributed by atoms with van der Waals surface area (Å²) >= 11 is 6.18. The Morgan fingerprint density at radius 3 is 2.38 bits per heavy atom. The normalized spacial score (nSPS) is 16.2. The molecule has 1 N–H and O–H groups in total. The second-order valence-corrected chi connectivity index (χ2v) is 17.8. The Labute approximate surface area is 352 Å². The first kappa shape index (κ1) is 41.6. The van der Waals surface area contributed by atoms with Crippen molar-refractivity contribution in [3.63, 3.8) is 0 Å². The van der Waals surface area contributed by atoms with Crippen molar-refractivity contribution in [2.45, 2.75) is 68.7 Å². The zero-order valence-corrected chi connectivity index (χ0v) is 34.6. The first-order valence-electron chi connectivity index (χ1n) is 19.2. The molecule has 1 saturated heterocycles. The van der Waals surface area contributed by atoms with Gasteiger partial charge in [-0.15, -0.1) is 5.10 Å². The van der Waals surface area contributed by atoms with Gasteiger partial charge in [0.1, 0.15) is 19.5 Å². The molecule has 1 aliphatic carbocycles. The van der Waals surface area contributed by atoms with Gasteiger partial charge < -0.3 is 19.5 Å². The van der Waals surface area contributed by atoms with E-state index in [1.54, 1.807) is 16.4 Å². The number of amides is 2. The van der Waals surface area contributed by atoms with Crippen molar-refractivity contribution in [1.29, 1.82) is 0 Å². The number of piperidine rings is 1. The fourth-order valence-electron chi connectivity index (χ4n) is 8.38. The molecule has 4 heterocycles. The molecule has 0 bridgehead atoms. The Hall–Kier alpha value is -6.14. The summed E-state index contributed by atoms with van der Waals surface area (Å²) in [7, 11) is -3.51. The quantitative estimate of drug-likeness (QED) is 0.166. The van der Waals surface area contributed by atoms with Gasteiger partial charge in [0, 0.05) is 41.6 Å². The lowest BCUT2D eigenvalue weighted by Gasteiger charge is -2.39. The van der Waals surface area contributed by atoms with Crippen LogP contribution in [0.15, 0.2) is 88.8 Å². The van der Waals surface area contributed by atoms with Crippen LogP contribution in [0.1, 0.15) is 70.7 Å². The Balaban J connectivity index is 1.14. The molecule has 6 aromatic rings. The summed E-state index contributed by atoms with van der Waals surface area (Å²) in [6, 6.07) is 17.9. The number of halogens is 4. The maximum atomic E-state index is 14.7. The maximum absolute atomic E-state index is 14.7. The molecule has 1 atom stereocenters. The average molecular weight is 875 g/mol. The zero-order chi connectivity index (χ0) is 43.4. The van der Waals surface area contributed by atoms with Gasteiger partial charge in [-0.05, 0) is 80.1 Å². The number of ether oxygens (including phenoxy) is 1. The number of hydrogen-bond acceptors (Lipinski definition) is 10. The first-order valence-corrected chi connectivity index (χ1v) is 21.5. The van der Waals surface area contributed by atoms with E-state index >= 15 is 0 Å². The number of benzene rings is 3. The smallest absolute Gasteiger partial charge is 0.416 e. The molecule has 316 valence electrons. The number of nitrogens with zero attached hydrogens (tertiary/aromatic N) is 7. The number of fused-ring (bicyclic) bond motifs is 3. The molecule has 1 spiro atoms. The Morgan fingerprint density at radius 2 is 1.72 bits per heavy atom. The standard InChI is InChI=1S/C42H38ClF3N8O6S/c1-24-20-41(15-17-52(18-16-41)39(57)34-36(25(2)47-23-48-34)60-22-26-7-5-4-6-8-26)33-35(24)53(21-32(55)49-31-14-11-28(19-30(31)43)42(44,45)46)40-50-37(51-54(40)38(33)56)27-9-12-29(13-10-27)61(3,58)59/h4-14,19,23-24H,15-18,20-22H2,1-3H3,(H,49,55)/t24-/m1/s1. The topological polar surface area (TPSA) is 171 Å². The number of carbonyl (C=O) groups is 2. The number of anilines is 1. The maximum Gasteiger partial charge on any atom is 0.416 e. The average Bonchev–Trinajstić information content (AvgIpc) is 3.79. The number of rotatable bonds is 9. The van der Waals surface area contributed by atoms with Gasteiger partial charge in [-0.2, -0.15) is 22.7 Å². The highest BCUT2D eigenvalue weighted by molar-refractivity contribution is 7.90. The fraction of sp³-hybridized carbons (Fsp3) is 0.310. The lowest BCUT2D eigenvalue weighted by atomic mass is 9.73. The van der Waals surface area contributed by atoms with Crippen molar-refractivity contribution in [3.8, 4) is 17.1 Å². The minimum absolute atomic E-state index is 0.0262. The Bertz CT molecular complexity index is 2880. The lowest BCUT2D eigenvalue weighted by molar-refractivity contribution is -0.137. The van der Waals surface area contributed by atoms with E-state index in [-0.39, 0.29) is 70.2 Å². The van der Waals surface area contributed by atoms with Gasteiger partial charge in [0.25, 0.3) is 11.5 Å². The molecule has 2 amide bonds.